The highest BCUT2D eigenvalue weighted by Crippen LogP contribution is 2.41. The van der Waals surface area contributed by atoms with Crippen LogP contribution in [-0.4, -0.2) is 12.7 Å². The highest BCUT2D eigenvalue weighted by atomic mass is 19.3. The maximum Gasteiger partial charge on any atom is 0.426 e. The van der Waals surface area contributed by atoms with Gasteiger partial charge in [0.05, 0.1) is 18.1 Å². The Kier molecular flexibility index (Phi) is 9.86. The number of ether oxygens (including phenoxy) is 3. The number of aryl methyl sites for hydroxylation is 1. The van der Waals surface area contributed by atoms with E-state index in [9.17, 15) is 39.5 Å². The molecule has 4 rings (SSSR count). The molecule has 232 valence electrons. The Labute approximate surface area is 241 Å². The Morgan fingerprint density at radius 3 is 1.84 bits per heavy atom. The van der Waals surface area contributed by atoms with Crippen LogP contribution in [0.3, 0.4) is 0 Å². The summed E-state index contributed by atoms with van der Waals surface area (Å²) in [6.45, 7) is 3.34. The van der Waals surface area contributed by atoms with Crippen molar-refractivity contribution in [1.82, 2.24) is 0 Å². The van der Waals surface area contributed by atoms with E-state index in [-0.39, 0.29) is 38.2 Å². The number of hydrogen-bond donors (Lipinski definition) is 0. The Bertz CT molecular complexity index is 1370. The summed E-state index contributed by atoms with van der Waals surface area (Å²) in [7, 11) is 0. The van der Waals surface area contributed by atoms with Gasteiger partial charge in [0.1, 0.15) is 11.5 Å². The number of halogens is 9. The minimum Gasteiger partial charge on any atom is -0.487 e. The summed E-state index contributed by atoms with van der Waals surface area (Å²) in [6, 6.07) is 7.03. The first-order valence-electron chi connectivity index (χ1n) is 13.4. The van der Waals surface area contributed by atoms with Gasteiger partial charge >= 0.3 is 12.2 Å². The molecule has 12 heteroatoms. The van der Waals surface area contributed by atoms with Crippen molar-refractivity contribution in [3.8, 4) is 17.2 Å². The first-order valence-corrected chi connectivity index (χ1v) is 13.4. The molecule has 0 N–H and O–H groups in total. The lowest BCUT2D eigenvalue weighted by molar-refractivity contribution is -0.224. The topological polar surface area (TPSA) is 27.7 Å². The molecule has 0 bridgehead atoms. The fraction of sp³-hybridized carbons (Fsp3) is 0.355. The monoisotopic (exact) mass is 618 g/mol. The second kappa shape index (κ2) is 13.2. The summed E-state index contributed by atoms with van der Waals surface area (Å²) >= 11 is 0. The van der Waals surface area contributed by atoms with Crippen LogP contribution in [0.5, 0.6) is 17.2 Å². The minimum atomic E-state index is -3.89. The van der Waals surface area contributed by atoms with Crippen molar-refractivity contribution in [2.24, 2.45) is 11.8 Å². The van der Waals surface area contributed by atoms with Gasteiger partial charge in [-0.1, -0.05) is 18.2 Å². The molecule has 0 amide bonds. The molecule has 0 atom stereocenters. The molecule has 43 heavy (non-hydrogen) atoms. The van der Waals surface area contributed by atoms with Crippen LogP contribution in [0.1, 0.15) is 43.2 Å². The standard InChI is InChI=1S/C31H27F9O3/c1-2-3-4-18-5-9-20(10-6-18)30(37,38)43-23-15-26(34)29(27(35)16-23)41-17-19-7-11-21(12-8-19)31(39,40)42-22-13-24(32)28(36)25(33)14-22/h2,5-6,9-10,13-16,19,21H,1,3-4,7-8,11-12,17H2. The zero-order valence-corrected chi connectivity index (χ0v) is 22.6. The molecule has 1 fully saturated rings. The Morgan fingerprint density at radius 1 is 0.744 bits per heavy atom. The second-order valence-corrected chi connectivity index (χ2v) is 10.3. The second-order valence-electron chi connectivity index (χ2n) is 10.3. The molecule has 0 aliphatic heterocycles. The zero-order valence-electron chi connectivity index (χ0n) is 22.6. The van der Waals surface area contributed by atoms with E-state index in [0.29, 0.717) is 37.1 Å². The molecule has 3 nitrogen and oxygen atoms in total. The van der Waals surface area contributed by atoms with Crippen LogP contribution in [0, 0.1) is 40.9 Å². The molecular formula is C31H27F9O3. The van der Waals surface area contributed by atoms with Crippen LogP contribution in [0.25, 0.3) is 0 Å². The van der Waals surface area contributed by atoms with E-state index in [0.717, 1.165) is 17.7 Å². The maximum absolute atomic E-state index is 14.6. The molecule has 3 aromatic carbocycles. The van der Waals surface area contributed by atoms with Gasteiger partial charge in [0.2, 0.25) is 0 Å². The fourth-order valence-corrected chi connectivity index (χ4v) is 4.77. The number of alkyl halides is 4. The first-order chi connectivity index (χ1) is 20.3. The van der Waals surface area contributed by atoms with E-state index in [1.165, 1.54) is 12.1 Å². The fourth-order valence-electron chi connectivity index (χ4n) is 4.77. The van der Waals surface area contributed by atoms with E-state index in [1.54, 1.807) is 6.08 Å². The van der Waals surface area contributed by atoms with Crippen LogP contribution >= 0.6 is 0 Å². The van der Waals surface area contributed by atoms with Crippen molar-refractivity contribution in [3.63, 3.8) is 0 Å². The molecule has 0 unspecified atom stereocenters. The Balaban J connectivity index is 1.31. The van der Waals surface area contributed by atoms with Gasteiger partial charge in [-0.3, -0.25) is 0 Å². The van der Waals surface area contributed by atoms with Crippen molar-refractivity contribution < 1.29 is 53.7 Å². The van der Waals surface area contributed by atoms with E-state index >= 15 is 0 Å². The van der Waals surface area contributed by atoms with Crippen LogP contribution < -0.4 is 14.2 Å². The van der Waals surface area contributed by atoms with Crippen LogP contribution in [0.15, 0.2) is 61.2 Å². The molecule has 0 spiro atoms. The minimum absolute atomic E-state index is 0.116. The quantitative estimate of drug-likeness (QED) is 0.115. The van der Waals surface area contributed by atoms with Gasteiger partial charge in [0.25, 0.3) is 0 Å². The maximum atomic E-state index is 14.6. The number of rotatable bonds is 12. The van der Waals surface area contributed by atoms with Crippen molar-refractivity contribution in [1.29, 1.82) is 0 Å². The number of allylic oxidation sites excluding steroid dienone is 1. The Morgan fingerprint density at radius 2 is 1.28 bits per heavy atom. The molecule has 0 heterocycles. The molecule has 1 saturated carbocycles. The highest BCUT2D eigenvalue weighted by molar-refractivity contribution is 5.36. The van der Waals surface area contributed by atoms with Crippen molar-refractivity contribution in [2.75, 3.05) is 6.61 Å². The molecule has 0 radical (unpaired) electrons. The number of hydrogen-bond acceptors (Lipinski definition) is 3. The molecule has 1 aliphatic carbocycles. The third kappa shape index (κ3) is 7.97. The van der Waals surface area contributed by atoms with E-state index in [1.807, 2.05) is 0 Å². The van der Waals surface area contributed by atoms with Crippen molar-refractivity contribution in [3.05, 3.63) is 101 Å². The predicted octanol–water partition coefficient (Wildman–Crippen LogP) is 9.49. The highest BCUT2D eigenvalue weighted by Gasteiger charge is 2.44. The van der Waals surface area contributed by atoms with E-state index < -0.39 is 70.0 Å². The lowest BCUT2D eigenvalue weighted by Crippen LogP contribution is -2.38. The van der Waals surface area contributed by atoms with Crippen LogP contribution in [-0.2, 0) is 12.5 Å². The average Bonchev–Trinajstić information content (AvgIpc) is 2.94. The lowest BCUT2D eigenvalue weighted by atomic mass is 9.81. The number of benzene rings is 3. The lowest BCUT2D eigenvalue weighted by Gasteiger charge is -2.33. The average molecular weight is 619 g/mol. The summed E-state index contributed by atoms with van der Waals surface area (Å²) in [5, 5.41) is 0. The SMILES string of the molecule is C=CCCc1ccc(C(F)(F)Oc2cc(F)c(OCC3CCC(C(F)(F)Oc4cc(F)c(F)c(F)c4)CC3)c(F)c2)cc1. The summed E-state index contributed by atoms with van der Waals surface area (Å²) in [5.74, 6) is -12.0. The van der Waals surface area contributed by atoms with Gasteiger partial charge in [-0.15, -0.1) is 6.58 Å². The van der Waals surface area contributed by atoms with Gasteiger partial charge in [-0.25, -0.2) is 22.0 Å². The summed E-state index contributed by atoms with van der Waals surface area (Å²) < 4.78 is 142. The molecule has 0 aromatic heterocycles. The van der Waals surface area contributed by atoms with Crippen molar-refractivity contribution in [2.45, 2.75) is 50.7 Å². The molecular weight excluding hydrogens is 591 g/mol. The third-order valence-electron chi connectivity index (χ3n) is 7.14. The molecule has 0 saturated heterocycles. The normalized spacial score (nSPS) is 17.4. The van der Waals surface area contributed by atoms with Gasteiger partial charge in [0.15, 0.2) is 34.8 Å². The smallest absolute Gasteiger partial charge is 0.426 e. The molecule has 3 aromatic rings. The summed E-state index contributed by atoms with van der Waals surface area (Å²) in [4.78, 5) is 0. The van der Waals surface area contributed by atoms with Crippen molar-refractivity contribution >= 4 is 0 Å². The predicted molar refractivity (Wildman–Crippen MR) is 139 cm³/mol. The zero-order chi connectivity index (χ0) is 31.4. The van der Waals surface area contributed by atoms with E-state index in [4.69, 9.17) is 4.74 Å². The Hall–Kier alpha value is -3.83. The molecule has 1 aliphatic rings. The van der Waals surface area contributed by atoms with Gasteiger partial charge < -0.3 is 14.2 Å². The summed E-state index contributed by atoms with van der Waals surface area (Å²) in [5.41, 5.74) is 0.284. The van der Waals surface area contributed by atoms with Gasteiger partial charge in [0, 0.05) is 24.3 Å². The van der Waals surface area contributed by atoms with Crippen LogP contribution in [0.4, 0.5) is 39.5 Å². The van der Waals surface area contributed by atoms with E-state index in [2.05, 4.69) is 16.1 Å². The third-order valence-corrected chi connectivity index (χ3v) is 7.14. The van der Waals surface area contributed by atoms with Gasteiger partial charge in [-0.05, 0) is 62.1 Å². The largest absolute Gasteiger partial charge is 0.487 e. The summed E-state index contributed by atoms with van der Waals surface area (Å²) in [6.07, 6.45) is -4.70. The van der Waals surface area contributed by atoms with Crippen LogP contribution in [0.2, 0.25) is 0 Å². The first kappa shape index (κ1) is 32.1. The van der Waals surface area contributed by atoms with Gasteiger partial charge in [-0.2, -0.15) is 17.6 Å².